The number of amides is 1. The number of anilines is 1. The third-order valence-corrected chi connectivity index (χ3v) is 11.8. The molecule has 6 rings (SSSR count). The van der Waals surface area contributed by atoms with E-state index in [0.717, 1.165) is 44.9 Å². The van der Waals surface area contributed by atoms with Crippen LogP contribution in [0.5, 0.6) is 5.88 Å². The molecule has 2 saturated carbocycles. The van der Waals surface area contributed by atoms with Crippen molar-refractivity contribution in [3.63, 3.8) is 0 Å². The quantitative estimate of drug-likeness (QED) is 0.125. The van der Waals surface area contributed by atoms with E-state index in [1.165, 1.54) is 6.20 Å². The maximum Gasteiger partial charge on any atom is 0.296 e. The molecule has 5 atom stereocenters. The van der Waals surface area contributed by atoms with Gasteiger partial charge in [-0.2, -0.15) is 4.98 Å². The molecule has 296 valence electrons. The SMILES string of the molecule is CCC[C@H](CC(=O)[C@@H]1C[C@@H](Oc2ccc(Cl)cn2)CN1C(=O)[C@@H](CC(=O)[C@@H](Nc1nc2ccccc2o1)C1CCCCC1)C(C)(C)C)C(=O)C(=O)CC1CC1. The van der Waals surface area contributed by atoms with Crippen molar-refractivity contribution in [2.75, 3.05) is 11.9 Å². The summed E-state index contributed by atoms with van der Waals surface area (Å²) in [6.45, 7) is 7.83. The third kappa shape index (κ3) is 10.4. The van der Waals surface area contributed by atoms with Crippen molar-refractivity contribution in [2.24, 2.45) is 29.1 Å². The lowest BCUT2D eigenvalue weighted by atomic mass is 9.74. The van der Waals surface area contributed by atoms with E-state index in [-0.39, 0.29) is 67.6 Å². The first-order valence-corrected chi connectivity index (χ1v) is 20.5. The molecule has 3 aromatic rings. The van der Waals surface area contributed by atoms with Crippen molar-refractivity contribution < 1.29 is 33.1 Å². The zero-order valence-electron chi connectivity index (χ0n) is 32.6. The van der Waals surface area contributed by atoms with Gasteiger partial charge in [0.25, 0.3) is 6.01 Å². The Kier molecular flexibility index (Phi) is 13.1. The number of ether oxygens (including phenoxy) is 1. The molecule has 0 radical (unpaired) electrons. The van der Waals surface area contributed by atoms with Gasteiger partial charge in [0, 0.05) is 49.8 Å². The van der Waals surface area contributed by atoms with Gasteiger partial charge in [0.2, 0.25) is 17.6 Å². The number of hydrogen-bond acceptors (Lipinski definition) is 10. The van der Waals surface area contributed by atoms with Gasteiger partial charge in [-0.05, 0) is 67.6 Å². The zero-order valence-corrected chi connectivity index (χ0v) is 33.3. The number of rotatable bonds is 18. The standard InChI is InChI=1S/C43H55ClN4O7/c1-5-11-28(40(52)36(51)20-26-16-17-26)21-34(49)33-22-30(54-38-19-18-29(44)24-45-38)25-48(33)41(53)31(43(2,3)4)23-35(50)39(27-12-7-6-8-13-27)47-42-46-32-14-9-10-15-37(32)55-42/h9-10,14-15,18-19,24,26-28,30-31,33,39H,5-8,11-13,16-17,20-23,25H2,1-4H3,(H,46,47)/t28-,30-,31-,33+,39+/m1/s1. The Morgan fingerprint density at radius 2 is 1.75 bits per heavy atom. The molecule has 1 aromatic carbocycles. The number of pyridine rings is 1. The number of nitrogens with one attached hydrogen (secondary N) is 1. The molecule has 3 aliphatic rings. The number of likely N-dealkylation sites (tertiary alicyclic amines) is 1. The molecule has 2 aliphatic carbocycles. The average Bonchev–Trinajstić information content (AvgIpc) is 3.72. The molecule has 1 saturated heterocycles. The van der Waals surface area contributed by atoms with Crippen LogP contribution in [0.25, 0.3) is 11.1 Å². The molecule has 1 aliphatic heterocycles. The second-order valence-corrected chi connectivity index (χ2v) is 17.4. The molecular formula is C43H55ClN4O7. The lowest BCUT2D eigenvalue weighted by molar-refractivity contribution is -0.147. The first-order valence-electron chi connectivity index (χ1n) is 20.1. The lowest BCUT2D eigenvalue weighted by Crippen LogP contribution is -2.49. The number of Topliss-reactive ketones (excluding diaryl/α,β-unsaturated/α-hetero) is 4. The van der Waals surface area contributed by atoms with Crippen LogP contribution in [-0.4, -0.2) is 68.6 Å². The Bertz CT molecular complexity index is 1810. The first kappa shape index (κ1) is 40.5. The summed E-state index contributed by atoms with van der Waals surface area (Å²) in [5.74, 6) is -2.51. The second-order valence-electron chi connectivity index (χ2n) is 17.0. The minimum absolute atomic E-state index is 0.0495. The molecule has 2 aromatic heterocycles. The molecule has 3 heterocycles. The van der Waals surface area contributed by atoms with Crippen LogP contribution in [0.3, 0.4) is 0 Å². The van der Waals surface area contributed by atoms with Crippen LogP contribution < -0.4 is 10.1 Å². The minimum atomic E-state index is -0.901. The molecule has 12 heteroatoms. The van der Waals surface area contributed by atoms with E-state index in [1.54, 1.807) is 17.0 Å². The Hall–Kier alpha value is -4.12. The number of carbonyl (C=O) groups excluding carboxylic acids is 5. The minimum Gasteiger partial charge on any atom is -0.472 e. The van der Waals surface area contributed by atoms with Crippen molar-refractivity contribution in [1.29, 1.82) is 0 Å². The average molecular weight is 775 g/mol. The van der Waals surface area contributed by atoms with Crippen molar-refractivity contribution in [2.45, 2.75) is 129 Å². The van der Waals surface area contributed by atoms with Crippen LogP contribution in [0.15, 0.2) is 47.0 Å². The van der Waals surface area contributed by atoms with Crippen LogP contribution in [0, 0.1) is 29.1 Å². The van der Waals surface area contributed by atoms with Crippen LogP contribution in [-0.2, 0) is 24.0 Å². The summed E-state index contributed by atoms with van der Waals surface area (Å²) >= 11 is 6.06. The summed E-state index contributed by atoms with van der Waals surface area (Å²) < 4.78 is 12.2. The first-order chi connectivity index (χ1) is 26.3. The molecule has 1 N–H and O–H groups in total. The highest BCUT2D eigenvalue weighted by Gasteiger charge is 2.47. The normalized spacial score (nSPS) is 20.9. The highest BCUT2D eigenvalue weighted by molar-refractivity contribution is 6.38. The van der Waals surface area contributed by atoms with Gasteiger partial charge in [-0.3, -0.25) is 24.0 Å². The Morgan fingerprint density at radius 3 is 2.40 bits per heavy atom. The van der Waals surface area contributed by atoms with Crippen molar-refractivity contribution in [3.05, 3.63) is 47.6 Å². The predicted molar refractivity (Wildman–Crippen MR) is 210 cm³/mol. The predicted octanol–water partition coefficient (Wildman–Crippen LogP) is 8.22. The molecular weight excluding hydrogens is 720 g/mol. The summed E-state index contributed by atoms with van der Waals surface area (Å²) in [6.07, 6.45) is 8.96. The molecule has 3 fully saturated rings. The van der Waals surface area contributed by atoms with Crippen molar-refractivity contribution in [1.82, 2.24) is 14.9 Å². The van der Waals surface area contributed by atoms with E-state index in [1.807, 2.05) is 52.0 Å². The molecule has 0 spiro atoms. The Balaban J connectivity index is 1.25. The van der Waals surface area contributed by atoms with Gasteiger partial charge in [-0.1, -0.05) is 77.1 Å². The maximum atomic E-state index is 14.9. The van der Waals surface area contributed by atoms with Crippen LogP contribution >= 0.6 is 11.6 Å². The number of fused-ring (bicyclic) bond motifs is 1. The highest BCUT2D eigenvalue weighted by atomic mass is 35.5. The number of para-hydroxylation sites is 2. The number of benzene rings is 1. The van der Waals surface area contributed by atoms with E-state index < -0.39 is 47.0 Å². The monoisotopic (exact) mass is 774 g/mol. The number of carbonyl (C=O) groups is 5. The third-order valence-electron chi connectivity index (χ3n) is 11.6. The lowest BCUT2D eigenvalue weighted by Gasteiger charge is -2.36. The van der Waals surface area contributed by atoms with Gasteiger partial charge in [-0.25, -0.2) is 4.98 Å². The fourth-order valence-electron chi connectivity index (χ4n) is 8.29. The van der Waals surface area contributed by atoms with E-state index in [9.17, 15) is 24.0 Å². The zero-order chi connectivity index (χ0) is 39.3. The van der Waals surface area contributed by atoms with E-state index in [4.69, 9.17) is 20.8 Å². The van der Waals surface area contributed by atoms with E-state index in [0.29, 0.717) is 34.8 Å². The number of oxazole rings is 1. The number of hydrogen-bond donors (Lipinski definition) is 1. The van der Waals surface area contributed by atoms with Crippen LogP contribution in [0.2, 0.25) is 5.02 Å². The highest BCUT2D eigenvalue weighted by Crippen LogP contribution is 2.38. The van der Waals surface area contributed by atoms with E-state index in [2.05, 4.69) is 15.3 Å². The topological polar surface area (TPSA) is 149 Å². The van der Waals surface area contributed by atoms with Gasteiger partial charge < -0.3 is 19.4 Å². The number of nitrogens with zero attached hydrogens (tertiary/aromatic N) is 3. The summed E-state index contributed by atoms with van der Waals surface area (Å²) in [6, 6.07) is 9.50. The molecule has 0 bridgehead atoms. The number of ketones is 4. The Morgan fingerprint density at radius 1 is 1.00 bits per heavy atom. The second kappa shape index (κ2) is 17.8. The van der Waals surface area contributed by atoms with Crippen LogP contribution in [0.1, 0.15) is 111 Å². The maximum absolute atomic E-state index is 14.9. The summed E-state index contributed by atoms with van der Waals surface area (Å²) in [5, 5.41) is 3.78. The van der Waals surface area contributed by atoms with Crippen LogP contribution in [0.4, 0.5) is 6.01 Å². The summed E-state index contributed by atoms with van der Waals surface area (Å²) in [7, 11) is 0. The fraction of sp³-hybridized carbons (Fsp3) is 0.605. The largest absolute Gasteiger partial charge is 0.472 e. The van der Waals surface area contributed by atoms with Gasteiger partial charge >= 0.3 is 0 Å². The van der Waals surface area contributed by atoms with Gasteiger partial charge in [-0.15, -0.1) is 0 Å². The summed E-state index contributed by atoms with van der Waals surface area (Å²) in [4.78, 5) is 80.4. The molecule has 55 heavy (non-hydrogen) atoms. The van der Waals surface area contributed by atoms with Crippen molar-refractivity contribution in [3.8, 4) is 5.88 Å². The molecule has 11 nitrogen and oxygen atoms in total. The van der Waals surface area contributed by atoms with Crippen molar-refractivity contribution >= 4 is 57.8 Å². The fourth-order valence-corrected chi connectivity index (χ4v) is 8.40. The molecule has 1 amide bonds. The van der Waals surface area contributed by atoms with E-state index >= 15 is 0 Å². The van der Waals surface area contributed by atoms with Gasteiger partial charge in [0.15, 0.2) is 22.9 Å². The Labute approximate surface area is 328 Å². The van der Waals surface area contributed by atoms with Gasteiger partial charge in [0.1, 0.15) is 11.6 Å². The number of halogens is 1. The molecule has 0 unspecified atom stereocenters. The number of aromatic nitrogens is 2. The smallest absolute Gasteiger partial charge is 0.296 e. The van der Waals surface area contributed by atoms with Gasteiger partial charge in [0.05, 0.1) is 23.7 Å². The summed E-state index contributed by atoms with van der Waals surface area (Å²) in [5.41, 5.74) is 0.655.